The SMILES string of the molecule is CC1=C(C(=O)N(C)C)[C@H](c2ccc(Cl)cc2)N2C(CC(=O)NCc3ccccc3)=CSC2=N1. The van der Waals surface area contributed by atoms with E-state index in [1.54, 1.807) is 19.0 Å². The zero-order valence-electron chi connectivity index (χ0n) is 18.7. The van der Waals surface area contributed by atoms with Gasteiger partial charge in [0, 0.05) is 31.4 Å². The van der Waals surface area contributed by atoms with Gasteiger partial charge in [0.05, 0.1) is 23.7 Å². The molecule has 4 rings (SSSR count). The Kier molecular flexibility index (Phi) is 6.91. The number of carbonyl (C=O) groups is 2. The summed E-state index contributed by atoms with van der Waals surface area (Å²) < 4.78 is 0. The Hall–Kier alpha value is -3.03. The Morgan fingerprint density at radius 3 is 2.48 bits per heavy atom. The van der Waals surface area contributed by atoms with E-state index in [4.69, 9.17) is 16.6 Å². The lowest BCUT2D eigenvalue weighted by molar-refractivity contribution is -0.125. The summed E-state index contributed by atoms with van der Waals surface area (Å²) >= 11 is 7.60. The fourth-order valence-electron chi connectivity index (χ4n) is 3.87. The van der Waals surface area contributed by atoms with Crippen LogP contribution in [0.5, 0.6) is 0 Å². The molecule has 2 aromatic rings. The lowest BCUT2D eigenvalue weighted by Gasteiger charge is -2.37. The van der Waals surface area contributed by atoms with Gasteiger partial charge in [0.2, 0.25) is 5.91 Å². The molecule has 0 unspecified atom stereocenters. The van der Waals surface area contributed by atoms with Crippen LogP contribution < -0.4 is 5.32 Å². The first-order chi connectivity index (χ1) is 15.8. The van der Waals surface area contributed by atoms with Crippen molar-refractivity contribution in [2.45, 2.75) is 25.9 Å². The number of hydrogen-bond donors (Lipinski definition) is 1. The van der Waals surface area contributed by atoms with Crippen LogP contribution in [-0.4, -0.2) is 40.9 Å². The number of amides is 2. The number of fused-ring (bicyclic) bond motifs is 1. The van der Waals surface area contributed by atoms with Gasteiger partial charge >= 0.3 is 0 Å². The second kappa shape index (κ2) is 9.85. The molecule has 1 atom stereocenters. The van der Waals surface area contributed by atoms with Crippen LogP contribution in [0.2, 0.25) is 5.02 Å². The Balaban J connectivity index is 1.62. The second-order valence-electron chi connectivity index (χ2n) is 8.08. The van der Waals surface area contributed by atoms with E-state index in [2.05, 4.69) is 5.32 Å². The van der Waals surface area contributed by atoms with Gasteiger partial charge in [-0.25, -0.2) is 4.99 Å². The van der Waals surface area contributed by atoms with Gasteiger partial charge in [-0.05, 0) is 35.6 Å². The number of halogens is 1. The number of thioether (sulfide) groups is 1. The van der Waals surface area contributed by atoms with Gasteiger partial charge in [0.15, 0.2) is 5.17 Å². The van der Waals surface area contributed by atoms with E-state index < -0.39 is 6.04 Å². The van der Waals surface area contributed by atoms with Crippen molar-refractivity contribution in [1.82, 2.24) is 15.1 Å². The Morgan fingerprint density at radius 2 is 1.82 bits per heavy atom. The van der Waals surface area contributed by atoms with Gasteiger partial charge < -0.3 is 15.1 Å². The van der Waals surface area contributed by atoms with Crippen LogP contribution in [0.3, 0.4) is 0 Å². The number of nitrogens with one attached hydrogen (secondary N) is 1. The maximum atomic E-state index is 13.2. The Labute approximate surface area is 203 Å². The minimum Gasteiger partial charge on any atom is -0.352 e. The largest absolute Gasteiger partial charge is 0.352 e. The maximum absolute atomic E-state index is 13.2. The molecule has 0 aromatic heterocycles. The van der Waals surface area contributed by atoms with E-state index in [0.717, 1.165) is 22.0 Å². The molecule has 170 valence electrons. The molecule has 0 fully saturated rings. The van der Waals surface area contributed by atoms with Gasteiger partial charge in [-0.2, -0.15) is 0 Å². The number of aliphatic imine (C=N–C) groups is 1. The van der Waals surface area contributed by atoms with E-state index in [9.17, 15) is 9.59 Å². The molecule has 0 bridgehead atoms. The smallest absolute Gasteiger partial charge is 0.253 e. The summed E-state index contributed by atoms with van der Waals surface area (Å²) in [4.78, 5) is 34.2. The second-order valence-corrected chi connectivity index (χ2v) is 9.36. The highest BCUT2D eigenvalue weighted by atomic mass is 35.5. The average Bonchev–Trinajstić information content (AvgIpc) is 3.19. The highest BCUT2D eigenvalue weighted by molar-refractivity contribution is 8.16. The van der Waals surface area contributed by atoms with Crippen LogP contribution >= 0.6 is 23.4 Å². The minimum absolute atomic E-state index is 0.0893. The van der Waals surface area contributed by atoms with Crippen LogP contribution in [0.4, 0.5) is 0 Å². The number of allylic oxidation sites excluding steroid dienone is 1. The van der Waals surface area contributed by atoms with Crippen LogP contribution in [0.1, 0.15) is 30.5 Å². The monoisotopic (exact) mass is 480 g/mol. The zero-order chi connectivity index (χ0) is 23.5. The number of nitrogens with zero attached hydrogens (tertiary/aromatic N) is 3. The maximum Gasteiger partial charge on any atom is 0.253 e. The molecule has 8 heteroatoms. The third kappa shape index (κ3) is 4.99. The molecule has 2 heterocycles. The summed E-state index contributed by atoms with van der Waals surface area (Å²) in [6.45, 7) is 2.32. The van der Waals surface area contributed by atoms with Crippen molar-refractivity contribution < 1.29 is 9.59 Å². The molecule has 2 amide bonds. The van der Waals surface area contributed by atoms with Gasteiger partial charge in [-0.3, -0.25) is 9.59 Å². The third-order valence-electron chi connectivity index (χ3n) is 5.50. The number of carbonyl (C=O) groups excluding carboxylic acids is 2. The molecule has 2 aliphatic heterocycles. The van der Waals surface area contributed by atoms with E-state index in [-0.39, 0.29) is 18.2 Å². The molecule has 2 aromatic carbocycles. The van der Waals surface area contributed by atoms with Gasteiger partial charge in [0.1, 0.15) is 0 Å². The topological polar surface area (TPSA) is 65.0 Å². The molecule has 1 N–H and O–H groups in total. The van der Waals surface area contributed by atoms with Gasteiger partial charge in [-0.15, -0.1) is 0 Å². The van der Waals surface area contributed by atoms with Crippen molar-refractivity contribution in [2.75, 3.05) is 14.1 Å². The van der Waals surface area contributed by atoms with Crippen LogP contribution in [0, 0.1) is 0 Å². The molecule has 0 saturated heterocycles. The first kappa shape index (κ1) is 23.1. The summed E-state index contributed by atoms with van der Waals surface area (Å²) in [7, 11) is 3.46. The van der Waals surface area contributed by atoms with E-state index >= 15 is 0 Å². The molecule has 0 saturated carbocycles. The highest BCUT2D eigenvalue weighted by Gasteiger charge is 2.40. The van der Waals surface area contributed by atoms with Crippen molar-refractivity contribution in [1.29, 1.82) is 0 Å². The molecule has 0 radical (unpaired) electrons. The molecule has 33 heavy (non-hydrogen) atoms. The number of amidine groups is 1. The van der Waals surface area contributed by atoms with E-state index in [1.165, 1.54) is 11.8 Å². The third-order valence-corrected chi connectivity index (χ3v) is 6.64. The number of hydrogen-bond acceptors (Lipinski definition) is 5. The lowest BCUT2D eigenvalue weighted by Crippen LogP contribution is -2.40. The zero-order valence-corrected chi connectivity index (χ0v) is 20.3. The average molecular weight is 481 g/mol. The molecule has 0 aliphatic carbocycles. The fraction of sp³-hybridized carbons (Fsp3) is 0.240. The predicted molar refractivity (Wildman–Crippen MR) is 133 cm³/mol. The first-order valence-electron chi connectivity index (χ1n) is 10.6. The summed E-state index contributed by atoms with van der Waals surface area (Å²) in [6, 6.07) is 16.9. The highest BCUT2D eigenvalue weighted by Crippen LogP contribution is 2.45. The Bertz CT molecular complexity index is 1160. The predicted octanol–water partition coefficient (Wildman–Crippen LogP) is 4.71. The van der Waals surface area contributed by atoms with Crippen molar-refractivity contribution in [3.63, 3.8) is 0 Å². The molecular weight excluding hydrogens is 456 g/mol. The van der Waals surface area contributed by atoms with Crippen molar-refractivity contribution >= 4 is 40.3 Å². The number of rotatable bonds is 6. The minimum atomic E-state index is -0.396. The molecule has 2 aliphatic rings. The van der Waals surface area contributed by atoms with Gasteiger partial charge in [-0.1, -0.05) is 65.8 Å². The number of benzene rings is 2. The lowest BCUT2D eigenvalue weighted by atomic mass is 9.93. The summed E-state index contributed by atoms with van der Waals surface area (Å²) in [5.41, 5.74) is 4.02. The fourth-order valence-corrected chi connectivity index (χ4v) is 4.96. The van der Waals surface area contributed by atoms with Gasteiger partial charge in [0.25, 0.3) is 5.91 Å². The van der Waals surface area contributed by atoms with Crippen LogP contribution in [-0.2, 0) is 16.1 Å². The summed E-state index contributed by atoms with van der Waals surface area (Å²) in [5, 5.41) is 6.31. The molecule has 0 spiro atoms. The van der Waals surface area contributed by atoms with Crippen molar-refractivity contribution in [3.05, 3.63) is 93.1 Å². The first-order valence-corrected chi connectivity index (χ1v) is 11.8. The van der Waals surface area contributed by atoms with Crippen LogP contribution in [0.25, 0.3) is 0 Å². The number of likely N-dealkylation sites (N-methyl/N-ethyl adjacent to an activating group) is 1. The van der Waals surface area contributed by atoms with Crippen LogP contribution in [0.15, 0.2) is 82.0 Å². The standard InChI is InChI=1S/C25H25ClN4O2S/c1-16-22(24(32)29(2)3)23(18-9-11-19(26)12-10-18)30-20(15-33-25(30)28-16)13-21(31)27-14-17-7-5-4-6-8-17/h4-12,15,23H,13-14H2,1-3H3,(H,27,31)/t23-/m0/s1. The summed E-state index contributed by atoms with van der Waals surface area (Å²) in [6.07, 6.45) is 0.186. The van der Waals surface area contributed by atoms with Crippen molar-refractivity contribution in [3.8, 4) is 0 Å². The van der Waals surface area contributed by atoms with Crippen molar-refractivity contribution in [2.24, 2.45) is 4.99 Å². The van der Waals surface area contributed by atoms with E-state index in [1.807, 2.05) is 71.8 Å². The molecule has 6 nitrogen and oxygen atoms in total. The normalized spacial score (nSPS) is 17.3. The summed E-state index contributed by atoms with van der Waals surface area (Å²) in [5.74, 6) is -0.200. The quantitative estimate of drug-likeness (QED) is 0.650. The Morgan fingerprint density at radius 1 is 1.12 bits per heavy atom. The van der Waals surface area contributed by atoms with E-state index in [0.29, 0.717) is 22.8 Å². The molecular formula is C25H25ClN4O2S.